The van der Waals surface area contributed by atoms with Crippen LogP contribution in [0.2, 0.25) is 0 Å². The van der Waals surface area contributed by atoms with Gasteiger partial charge in [-0.3, -0.25) is 14.4 Å². The number of hydrogen-bond acceptors (Lipinski definition) is 7. The number of amides is 1. The van der Waals surface area contributed by atoms with Gasteiger partial charge in [-0.1, -0.05) is 0 Å². The van der Waals surface area contributed by atoms with Gasteiger partial charge in [0.05, 0.1) is 31.0 Å². The number of pyridine rings is 1. The Morgan fingerprint density at radius 3 is 2.53 bits per heavy atom. The Hall–Kier alpha value is -3.48. The number of aromatic hydroxyl groups is 1. The standard InChI is InChI=1S/C17H15F3N4O6/c18-17(19,20)8-3-21-11(22-4-8)6-24-10-7-30-2-1-9(10)14(27)13(16(24)29)15(28)23-5-12(25)26/h3-4,27H,1-2,5-7H2,(H,23,28)(H,25,26). The molecule has 0 atom stereocenters. The number of carboxylic acid groups (broad SMARTS) is 1. The van der Waals surface area contributed by atoms with E-state index >= 15 is 0 Å². The summed E-state index contributed by atoms with van der Waals surface area (Å²) in [6.45, 7) is -1.05. The van der Waals surface area contributed by atoms with Crippen molar-refractivity contribution < 1.29 is 37.7 Å². The Bertz CT molecular complexity index is 1050. The molecule has 1 aliphatic rings. The number of nitrogens with one attached hydrogen (secondary N) is 1. The normalized spacial score (nSPS) is 13.6. The van der Waals surface area contributed by atoms with Gasteiger partial charge in [0.1, 0.15) is 23.7 Å². The summed E-state index contributed by atoms with van der Waals surface area (Å²) >= 11 is 0. The molecule has 3 heterocycles. The van der Waals surface area contributed by atoms with Gasteiger partial charge in [-0.2, -0.15) is 13.2 Å². The first-order valence-electron chi connectivity index (χ1n) is 8.53. The van der Waals surface area contributed by atoms with Gasteiger partial charge in [0.2, 0.25) is 0 Å². The number of nitrogens with zero attached hydrogens (tertiary/aromatic N) is 3. The van der Waals surface area contributed by atoms with Crippen molar-refractivity contribution in [2.24, 2.45) is 0 Å². The molecule has 1 aliphatic heterocycles. The number of fused-ring (bicyclic) bond motifs is 1. The molecule has 0 aliphatic carbocycles. The van der Waals surface area contributed by atoms with Gasteiger partial charge in [-0.15, -0.1) is 0 Å². The molecule has 0 spiro atoms. The van der Waals surface area contributed by atoms with Gasteiger partial charge in [0.25, 0.3) is 11.5 Å². The first-order chi connectivity index (χ1) is 14.1. The lowest BCUT2D eigenvalue weighted by molar-refractivity contribution is -0.138. The molecule has 2 aromatic heterocycles. The zero-order chi connectivity index (χ0) is 22.1. The van der Waals surface area contributed by atoms with Crippen LogP contribution in [0.25, 0.3) is 0 Å². The Balaban J connectivity index is 2.05. The summed E-state index contributed by atoms with van der Waals surface area (Å²) in [6, 6.07) is 0. The number of ether oxygens (including phenoxy) is 1. The zero-order valence-electron chi connectivity index (χ0n) is 15.2. The number of alkyl halides is 3. The van der Waals surface area contributed by atoms with Crippen LogP contribution in [0.3, 0.4) is 0 Å². The number of rotatable bonds is 5. The van der Waals surface area contributed by atoms with Crippen molar-refractivity contribution in [1.82, 2.24) is 19.9 Å². The highest BCUT2D eigenvalue weighted by molar-refractivity contribution is 5.98. The first-order valence-corrected chi connectivity index (χ1v) is 8.53. The predicted octanol–water partition coefficient (Wildman–Crippen LogP) is 0.298. The smallest absolute Gasteiger partial charge is 0.419 e. The number of aliphatic carboxylic acids is 1. The lowest BCUT2D eigenvalue weighted by Gasteiger charge is -2.23. The largest absolute Gasteiger partial charge is 0.507 e. The molecule has 0 aromatic carbocycles. The van der Waals surface area contributed by atoms with Crippen LogP contribution in [0.15, 0.2) is 17.2 Å². The fourth-order valence-corrected chi connectivity index (χ4v) is 2.92. The maximum absolute atomic E-state index is 12.9. The zero-order valence-corrected chi connectivity index (χ0v) is 15.2. The monoisotopic (exact) mass is 428 g/mol. The second kappa shape index (κ2) is 8.10. The van der Waals surface area contributed by atoms with E-state index in [1.807, 2.05) is 5.32 Å². The van der Waals surface area contributed by atoms with Crippen LogP contribution in [0.4, 0.5) is 13.2 Å². The van der Waals surface area contributed by atoms with E-state index in [0.29, 0.717) is 12.4 Å². The third-order valence-corrected chi connectivity index (χ3v) is 4.35. The van der Waals surface area contributed by atoms with E-state index in [4.69, 9.17) is 9.84 Å². The van der Waals surface area contributed by atoms with E-state index in [1.54, 1.807) is 0 Å². The van der Waals surface area contributed by atoms with Crippen molar-refractivity contribution in [2.75, 3.05) is 13.2 Å². The van der Waals surface area contributed by atoms with Gasteiger partial charge >= 0.3 is 12.1 Å². The van der Waals surface area contributed by atoms with Crippen LogP contribution in [-0.4, -0.2) is 49.8 Å². The minimum absolute atomic E-state index is 0.0875. The second-order valence-electron chi connectivity index (χ2n) is 6.30. The summed E-state index contributed by atoms with van der Waals surface area (Å²) in [5.74, 6) is -3.19. The summed E-state index contributed by atoms with van der Waals surface area (Å²) in [6.07, 6.45) is -3.33. The Kier molecular flexibility index (Phi) is 5.73. The van der Waals surface area contributed by atoms with Crippen LogP contribution in [0.5, 0.6) is 5.75 Å². The van der Waals surface area contributed by atoms with Gasteiger partial charge < -0.3 is 24.8 Å². The highest BCUT2D eigenvalue weighted by Gasteiger charge is 2.32. The van der Waals surface area contributed by atoms with Gasteiger partial charge in [-0.05, 0) is 0 Å². The molecule has 1 amide bonds. The van der Waals surface area contributed by atoms with Gasteiger partial charge in [0.15, 0.2) is 0 Å². The minimum Gasteiger partial charge on any atom is -0.507 e. The molecule has 0 saturated carbocycles. The number of aromatic nitrogens is 3. The number of hydrogen-bond donors (Lipinski definition) is 3. The number of carbonyl (C=O) groups excluding carboxylic acids is 1. The molecule has 30 heavy (non-hydrogen) atoms. The predicted molar refractivity (Wildman–Crippen MR) is 91.8 cm³/mol. The second-order valence-corrected chi connectivity index (χ2v) is 6.30. The fraction of sp³-hybridized carbons (Fsp3) is 0.353. The maximum Gasteiger partial charge on any atom is 0.419 e. The summed E-state index contributed by atoms with van der Waals surface area (Å²) in [5, 5.41) is 21.1. The van der Waals surface area contributed by atoms with E-state index in [1.165, 1.54) is 0 Å². The van der Waals surface area contributed by atoms with Crippen molar-refractivity contribution in [1.29, 1.82) is 0 Å². The molecule has 0 radical (unpaired) electrons. The number of carboxylic acids is 1. The SMILES string of the molecule is O=C(O)CNC(=O)c1c(O)c2c(n(Cc3ncc(C(F)(F)F)cn3)c1=O)COCC2. The molecule has 3 rings (SSSR count). The van der Waals surface area contributed by atoms with Gasteiger partial charge in [0, 0.05) is 24.4 Å². The fourth-order valence-electron chi connectivity index (χ4n) is 2.92. The Morgan fingerprint density at radius 1 is 1.27 bits per heavy atom. The van der Waals surface area contributed by atoms with E-state index < -0.39 is 47.0 Å². The molecule has 0 fully saturated rings. The van der Waals surface area contributed by atoms with E-state index in [2.05, 4.69) is 9.97 Å². The molecule has 160 valence electrons. The third kappa shape index (κ3) is 4.25. The van der Waals surface area contributed by atoms with E-state index in [-0.39, 0.29) is 43.3 Å². The van der Waals surface area contributed by atoms with Crippen LogP contribution in [-0.2, 0) is 35.3 Å². The lowest BCUT2D eigenvalue weighted by atomic mass is 10.0. The molecule has 0 bridgehead atoms. The van der Waals surface area contributed by atoms with Crippen molar-refractivity contribution in [3.63, 3.8) is 0 Å². The average Bonchev–Trinajstić information content (AvgIpc) is 2.69. The molecule has 0 saturated heterocycles. The summed E-state index contributed by atoms with van der Waals surface area (Å²) in [4.78, 5) is 43.1. The molecule has 0 unspecified atom stereocenters. The highest BCUT2D eigenvalue weighted by Crippen LogP contribution is 2.29. The molecule has 10 nitrogen and oxygen atoms in total. The van der Waals surface area contributed by atoms with Crippen molar-refractivity contribution in [2.45, 2.75) is 25.7 Å². The van der Waals surface area contributed by atoms with Crippen molar-refractivity contribution in [3.05, 3.63) is 51.0 Å². The number of halogens is 3. The molecular formula is C17H15F3N4O6. The van der Waals surface area contributed by atoms with Crippen LogP contribution >= 0.6 is 0 Å². The molecular weight excluding hydrogens is 413 g/mol. The van der Waals surface area contributed by atoms with Crippen molar-refractivity contribution >= 4 is 11.9 Å². The van der Waals surface area contributed by atoms with Crippen LogP contribution < -0.4 is 10.9 Å². The van der Waals surface area contributed by atoms with Crippen molar-refractivity contribution in [3.8, 4) is 5.75 Å². The van der Waals surface area contributed by atoms with E-state index in [0.717, 1.165) is 4.57 Å². The third-order valence-electron chi connectivity index (χ3n) is 4.35. The average molecular weight is 428 g/mol. The first kappa shape index (κ1) is 21.2. The minimum atomic E-state index is -4.63. The summed E-state index contributed by atoms with van der Waals surface area (Å²) in [5.41, 5.74) is -2.26. The molecule has 3 N–H and O–H groups in total. The number of carbonyl (C=O) groups is 2. The van der Waals surface area contributed by atoms with Crippen LogP contribution in [0, 0.1) is 0 Å². The Morgan fingerprint density at radius 2 is 1.93 bits per heavy atom. The van der Waals surface area contributed by atoms with Gasteiger partial charge in [-0.25, -0.2) is 9.97 Å². The molecule has 2 aromatic rings. The van der Waals surface area contributed by atoms with E-state index in [9.17, 15) is 32.7 Å². The summed E-state index contributed by atoms with van der Waals surface area (Å²) in [7, 11) is 0. The summed E-state index contributed by atoms with van der Waals surface area (Å²) < 4.78 is 44.4. The molecule has 13 heteroatoms. The topological polar surface area (TPSA) is 144 Å². The quantitative estimate of drug-likeness (QED) is 0.617. The highest BCUT2D eigenvalue weighted by atomic mass is 19.4. The maximum atomic E-state index is 12.9. The lowest BCUT2D eigenvalue weighted by Crippen LogP contribution is -2.38. The van der Waals surface area contributed by atoms with Crippen LogP contribution in [0.1, 0.15) is 33.0 Å². The Labute approximate surface area is 166 Å².